The van der Waals surface area contributed by atoms with Crippen molar-refractivity contribution >= 4 is 46.6 Å². The highest BCUT2D eigenvalue weighted by molar-refractivity contribution is 6.30. The zero-order valence-electron chi connectivity index (χ0n) is 25.2. The lowest BCUT2D eigenvalue weighted by Crippen LogP contribution is -2.10. The van der Waals surface area contributed by atoms with Crippen LogP contribution in [0.5, 0.6) is 11.5 Å². The Kier molecular flexibility index (Phi) is 11.1. The zero-order chi connectivity index (χ0) is 31.8. The molecule has 7 nitrogen and oxygen atoms in total. The first kappa shape index (κ1) is 32.6. The van der Waals surface area contributed by atoms with Crippen LogP contribution in [0.1, 0.15) is 59.2 Å². The van der Waals surface area contributed by atoms with Crippen LogP contribution in [0.2, 0.25) is 5.02 Å². The average molecular weight is 622 g/mol. The number of carboxylic acid groups (broad SMARTS) is 2. The van der Waals surface area contributed by atoms with Crippen LogP contribution in [-0.4, -0.2) is 39.9 Å². The second-order valence-corrected chi connectivity index (χ2v) is 11.3. The summed E-state index contributed by atoms with van der Waals surface area (Å²) in [6, 6.07) is 14.4. The molecule has 0 amide bonds. The van der Waals surface area contributed by atoms with Gasteiger partial charge in [-0.3, -0.25) is 9.59 Å². The van der Waals surface area contributed by atoms with E-state index in [1.807, 2.05) is 62.4 Å². The van der Waals surface area contributed by atoms with Gasteiger partial charge in [-0.2, -0.15) is 0 Å². The Hall–Kier alpha value is -4.30. The Labute approximate surface area is 261 Å². The highest BCUT2D eigenvalue weighted by Crippen LogP contribution is 2.33. The Balaban J connectivity index is 1.40. The van der Waals surface area contributed by atoms with E-state index in [1.54, 1.807) is 17.6 Å². The quantitative estimate of drug-likeness (QED) is 0.102. The van der Waals surface area contributed by atoms with Gasteiger partial charge in [0.15, 0.2) is 0 Å². The molecular formula is C35H37ClFNO6. The number of fused-ring (bicyclic) bond motifs is 1. The summed E-state index contributed by atoms with van der Waals surface area (Å²) in [6.07, 6.45) is 6.01. The number of hydrogen-bond donors (Lipinski definition) is 2. The van der Waals surface area contributed by atoms with Crippen molar-refractivity contribution in [1.82, 2.24) is 4.57 Å². The van der Waals surface area contributed by atoms with E-state index in [0.29, 0.717) is 58.8 Å². The van der Waals surface area contributed by atoms with Crippen LogP contribution in [0.3, 0.4) is 0 Å². The van der Waals surface area contributed by atoms with Gasteiger partial charge in [0.05, 0.1) is 18.7 Å². The predicted molar refractivity (Wildman–Crippen MR) is 171 cm³/mol. The van der Waals surface area contributed by atoms with Gasteiger partial charge in [-0.1, -0.05) is 35.9 Å². The van der Waals surface area contributed by atoms with Crippen LogP contribution in [0.15, 0.2) is 48.5 Å². The summed E-state index contributed by atoms with van der Waals surface area (Å²) in [5, 5.41) is 19.6. The molecule has 9 heteroatoms. The van der Waals surface area contributed by atoms with E-state index >= 15 is 4.39 Å². The number of carboxylic acids is 2. The SMILES string of the molecule is Cc1cc(Cl)cc(C)c1OCCCCOc1ccc(/C=C/c2ccc(F)c3c(CCCC(=O)O)c(C)n(CC(=O)O)c23)cc1. The van der Waals surface area contributed by atoms with Gasteiger partial charge in [0.25, 0.3) is 0 Å². The first-order valence-corrected chi connectivity index (χ1v) is 15.0. The molecule has 0 radical (unpaired) electrons. The molecule has 0 fully saturated rings. The average Bonchev–Trinajstić information content (AvgIpc) is 3.23. The minimum atomic E-state index is -1.05. The van der Waals surface area contributed by atoms with Crippen molar-refractivity contribution in [2.45, 2.75) is 59.4 Å². The number of aliphatic carboxylic acids is 2. The second kappa shape index (κ2) is 14.9. The number of carbonyl (C=O) groups is 2. The highest BCUT2D eigenvalue weighted by Gasteiger charge is 2.21. The Morgan fingerprint density at radius 3 is 2.18 bits per heavy atom. The summed E-state index contributed by atoms with van der Waals surface area (Å²) in [7, 11) is 0. The normalized spacial score (nSPS) is 11.4. The minimum absolute atomic E-state index is 0.0514. The summed E-state index contributed by atoms with van der Waals surface area (Å²) in [4.78, 5) is 22.7. The topological polar surface area (TPSA) is 98.0 Å². The fourth-order valence-electron chi connectivity index (χ4n) is 5.42. The van der Waals surface area contributed by atoms with Crippen LogP contribution < -0.4 is 9.47 Å². The zero-order valence-corrected chi connectivity index (χ0v) is 25.9. The molecule has 3 aromatic carbocycles. The minimum Gasteiger partial charge on any atom is -0.494 e. The molecule has 232 valence electrons. The lowest BCUT2D eigenvalue weighted by Gasteiger charge is -2.13. The Morgan fingerprint density at radius 2 is 1.55 bits per heavy atom. The summed E-state index contributed by atoms with van der Waals surface area (Å²) in [6.45, 7) is 6.53. The van der Waals surface area contributed by atoms with Gasteiger partial charge in [-0.15, -0.1) is 0 Å². The molecule has 0 bridgehead atoms. The van der Waals surface area contributed by atoms with Crippen molar-refractivity contribution in [2.24, 2.45) is 0 Å². The van der Waals surface area contributed by atoms with Crippen molar-refractivity contribution in [1.29, 1.82) is 0 Å². The van der Waals surface area contributed by atoms with E-state index in [-0.39, 0.29) is 13.0 Å². The fraction of sp³-hybridized carbons (Fsp3) is 0.314. The molecule has 0 spiro atoms. The van der Waals surface area contributed by atoms with Gasteiger partial charge < -0.3 is 24.3 Å². The second-order valence-electron chi connectivity index (χ2n) is 10.8. The number of halogens is 2. The Bertz CT molecular complexity index is 1650. The van der Waals surface area contributed by atoms with Crippen molar-refractivity contribution in [3.63, 3.8) is 0 Å². The number of nitrogens with zero attached hydrogens (tertiary/aromatic N) is 1. The van der Waals surface area contributed by atoms with Crippen molar-refractivity contribution in [3.8, 4) is 11.5 Å². The van der Waals surface area contributed by atoms with E-state index in [2.05, 4.69) is 0 Å². The summed E-state index contributed by atoms with van der Waals surface area (Å²) in [5.74, 6) is -0.813. The highest BCUT2D eigenvalue weighted by atomic mass is 35.5. The molecule has 0 saturated heterocycles. The standard InChI is InChI=1S/C35H37ClFNO6/c1-22-19-27(36)20-23(2)35(22)44-18-5-4-17-43-28-14-10-25(11-15-28)9-12-26-13-16-30(37)33-29(7-6-8-31(39)40)24(3)38(34(26)33)21-32(41)42/h9-16,19-20H,4-8,17-18,21H2,1-3H3,(H,39,40)(H,41,42)/b12-9+. The molecule has 1 aromatic heterocycles. The monoisotopic (exact) mass is 621 g/mol. The van der Waals surface area contributed by atoms with Crippen molar-refractivity contribution in [3.05, 3.63) is 92.9 Å². The number of aryl methyl sites for hydroxylation is 3. The number of rotatable bonds is 15. The van der Waals surface area contributed by atoms with Gasteiger partial charge in [-0.05, 0) is 111 Å². The molecule has 4 rings (SSSR count). The predicted octanol–water partition coefficient (Wildman–Crippen LogP) is 8.26. The van der Waals surface area contributed by atoms with Gasteiger partial charge >= 0.3 is 11.9 Å². The van der Waals surface area contributed by atoms with E-state index < -0.39 is 17.8 Å². The van der Waals surface area contributed by atoms with Gasteiger partial charge in [0.2, 0.25) is 0 Å². The molecule has 0 atom stereocenters. The third-order valence-corrected chi connectivity index (χ3v) is 7.71. The molecule has 0 aliphatic rings. The third kappa shape index (κ3) is 8.20. The van der Waals surface area contributed by atoms with Gasteiger partial charge in [-0.25, -0.2) is 4.39 Å². The number of ether oxygens (including phenoxy) is 2. The first-order chi connectivity index (χ1) is 21.0. The summed E-state index contributed by atoms with van der Waals surface area (Å²) < 4.78 is 28.6. The fourth-order valence-corrected chi connectivity index (χ4v) is 5.74. The summed E-state index contributed by atoms with van der Waals surface area (Å²) in [5.41, 5.74) is 5.34. The van der Waals surface area contributed by atoms with Crippen LogP contribution >= 0.6 is 11.6 Å². The first-order valence-electron chi connectivity index (χ1n) is 14.6. The van der Waals surface area contributed by atoms with E-state index in [1.165, 1.54) is 6.07 Å². The molecular weight excluding hydrogens is 585 g/mol. The molecule has 44 heavy (non-hydrogen) atoms. The van der Waals surface area contributed by atoms with E-state index in [0.717, 1.165) is 41.0 Å². The molecule has 0 saturated carbocycles. The smallest absolute Gasteiger partial charge is 0.323 e. The molecule has 0 aliphatic heterocycles. The maximum atomic E-state index is 15.1. The number of hydrogen-bond acceptors (Lipinski definition) is 4. The van der Waals surface area contributed by atoms with E-state index in [9.17, 15) is 14.7 Å². The maximum Gasteiger partial charge on any atom is 0.323 e. The van der Waals surface area contributed by atoms with Crippen LogP contribution in [-0.2, 0) is 22.6 Å². The molecule has 2 N–H and O–H groups in total. The maximum absolute atomic E-state index is 15.1. The third-order valence-electron chi connectivity index (χ3n) is 7.50. The molecule has 0 aliphatic carbocycles. The molecule has 1 heterocycles. The summed E-state index contributed by atoms with van der Waals surface area (Å²) >= 11 is 6.09. The molecule has 4 aromatic rings. The lowest BCUT2D eigenvalue weighted by atomic mass is 10.0. The van der Waals surface area contributed by atoms with E-state index in [4.69, 9.17) is 26.2 Å². The number of unbranched alkanes of at least 4 members (excludes halogenated alkanes) is 1. The lowest BCUT2D eigenvalue weighted by molar-refractivity contribution is -0.138. The Morgan fingerprint density at radius 1 is 0.886 bits per heavy atom. The van der Waals surface area contributed by atoms with Crippen LogP contribution in [0, 0.1) is 26.6 Å². The van der Waals surface area contributed by atoms with Crippen LogP contribution in [0.25, 0.3) is 23.1 Å². The van der Waals surface area contributed by atoms with Crippen LogP contribution in [0.4, 0.5) is 4.39 Å². The number of benzene rings is 3. The van der Waals surface area contributed by atoms with Gasteiger partial charge in [0, 0.05) is 22.5 Å². The largest absolute Gasteiger partial charge is 0.494 e. The molecule has 0 unspecified atom stereocenters. The van der Waals surface area contributed by atoms with Gasteiger partial charge in [0.1, 0.15) is 23.9 Å². The number of aromatic nitrogens is 1. The van der Waals surface area contributed by atoms with Crippen molar-refractivity contribution in [2.75, 3.05) is 13.2 Å². The van der Waals surface area contributed by atoms with Crippen molar-refractivity contribution < 1.29 is 33.7 Å².